The lowest BCUT2D eigenvalue weighted by atomic mass is 10.2. The van der Waals surface area contributed by atoms with Crippen molar-refractivity contribution in [2.24, 2.45) is 0 Å². The van der Waals surface area contributed by atoms with E-state index in [9.17, 15) is 18.0 Å². The number of carboxylic acid groups (broad SMARTS) is 1. The van der Waals surface area contributed by atoms with Crippen LogP contribution in [-0.2, 0) is 9.53 Å². The molecule has 0 saturated heterocycles. The van der Waals surface area contributed by atoms with Crippen molar-refractivity contribution in [1.82, 2.24) is 0 Å². The van der Waals surface area contributed by atoms with Gasteiger partial charge >= 0.3 is 12.1 Å². The Balaban J connectivity index is 3.41. The predicted octanol–water partition coefficient (Wildman–Crippen LogP) is 2.21. The third-order valence-electron chi connectivity index (χ3n) is 1.61. The molecule has 0 bridgehead atoms. The Morgan fingerprint density at radius 2 is 2.00 bits per heavy atom. The minimum Gasteiger partial charge on any atom is -0.481 e. The second-order valence-corrected chi connectivity index (χ2v) is 2.91. The molecule has 1 atom stereocenters. The minimum absolute atomic E-state index is 0.0379. The fourth-order valence-electron chi connectivity index (χ4n) is 0.733. The van der Waals surface area contributed by atoms with Gasteiger partial charge in [-0.05, 0) is 19.8 Å². The lowest BCUT2D eigenvalue weighted by Crippen LogP contribution is -2.28. The van der Waals surface area contributed by atoms with Crippen LogP contribution in [0.2, 0.25) is 0 Å². The summed E-state index contributed by atoms with van der Waals surface area (Å²) in [6, 6.07) is 0. The molecular weight excluding hydrogens is 201 g/mol. The first-order valence-electron chi connectivity index (χ1n) is 4.24. The number of hydrogen-bond acceptors (Lipinski definition) is 2. The van der Waals surface area contributed by atoms with Gasteiger partial charge in [0.05, 0.1) is 0 Å². The van der Waals surface area contributed by atoms with Crippen molar-refractivity contribution in [3.63, 3.8) is 0 Å². The molecule has 0 aromatic carbocycles. The summed E-state index contributed by atoms with van der Waals surface area (Å²) in [5, 5.41) is 8.23. The Bertz CT molecular complexity index is 179. The second-order valence-electron chi connectivity index (χ2n) is 2.91. The van der Waals surface area contributed by atoms with Crippen molar-refractivity contribution >= 4 is 5.97 Å². The van der Waals surface area contributed by atoms with Crippen LogP contribution >= 0.6 is 0 Å². The number of halogens is 3. The van der Waals surface area contributed by atoms with E-state index >= 15 is 0 Å². The molecule has 0 heterocycles. The molecule has 14 heavy (non-hydrogen) atoms. The van der Waals surface area contributed by atoms with Gasteiger partial charge in [0.15, 0.2) is 6.10 Å². The summed E-state index contributed by atoms with van der Waals surface area (Å²) in [6.45, 7) is 0.866. The molecule has 1 N–H and O–H groups in total. The van der Waals surface area contributed by atoms with E-state index in [4.69, 9.17) is 5.11 Å². The average Bonchev–Trinajstić information content (AvgIpc) is 2.01. The van der Waals surface area contributed by atoms with Gasteiger partial charge in [0.1, 0.15) is 0 Å². The number of carboxylic acids is 1. The number of ether oxygens (including phenoxy) is 1. The molecule has 0 aliphatic carbocycles. The predicted molar refractivity (Wildman–Crippen MR) is 43.0 cm³/mol. The average molecular weight is 214 g/mol. The third kappa shape index (κ3) is 6.71. The first-order chi connectivity index (χ1) is 6.34. The molecule has 0 radical (unpaired) electrons. The van der Waals surface area contributed by atoms with Gasteiger partial charge in [-0.2, -0.15) is 13.2 Å². The van der Waals surface area contributed by atoms with Crippen LogP contribution in [-0.4, -0.2) is 30.0 Å². The summed E-state index contributed by atoms with van der Waals surface area (Å²) >= 11 is 0. The lowest BCUT2D eigenvalue weighted by molar-refractivity contribution is -0.214. The summed E-state index contributed by atoms with van der Waals surface area (Å²) in [4.78, 5) is 10.0. The first-order valence-corrected chi connectivity index (χ1v) is 4.24. The van der Waals surface area contributed by atoms with E-state index in [1.54, 1.807) is 0 Å². The van der Waals surface area contributed by atoms with Gasteiger partial charge < -0.3 is 9.84 Å². The Morgan fingerprint density at radius 1 is 1.43 bits per heavy atom. The number of rotatable bonds is 6. The normalized spacial score (nSPS) is 14.0. The zero-order chi connectivity index (χ0) is 11.2. The summed E-state index contributed by atoms with van der Waals surface area (Å²) in [5.41, 5.74) is 0. The lowest BCUT2D eigenvalue weighted by Gasteiger charge is -2.15. The fraction of sp³-hybridized carbons (Fsp3) is 0.875. The maximum Gasteiger partial charge on any atom is 0.414 e. The molecule has 0 amide bonds. The monoisotopic (exact) mass is 214 g/mol. The van der Waals surface area contributed by atoms with Crippen LogP contribution in [0.15, 0.2) is 0 Å². The van der Waals surface area contributed by atoms with E-state index in [-0.39, 0.29) is 13.0 Å². The fourth-order valence-corrected chi connectivity index (χ4v) is 0.733. The second kappa shape index (κ2) is 5.85. The van der Waals surface area contributed by atoms with Crippen LogP contribution in [0.1, 0.15) is 26.2 Å². The Morgan fingerprint density at radius 3 is 2.43 bits per heavy atom. The summed E-state index contributed by atoms with van der Waals surface area (Å²) < 4.78 is 40.1. The molecule has 6 heteroatoms. The quantitative estimate of drug-likeness (QED) is 0.689. The number of carbonyl (C=O) groups is 1. The highest BCUT2D eigenvalue weighted by Gasteiger charge is 2.36. The maximum atomic E-state index is 11.9. The van der Waals surface area contributed by atoms with E-state index in [2.05, 4.69) is 4.74 Å². The van der Waals surface area contributed by atoms with Crippen LogP contribution in [0.5, 0.6) is 0 Å². The van der Waals surface area contributed by atoms with Crippen LogP contribution in [0.4, 0.5) is 13.2 Å². The van der Waals surface area contributed by atoms with E-state index in [1.807, 2.05) is 0 Å². The summed E-state index contributed by atoms with van der Waals surface area (Å²) in [7, 11) is 0. The van der Waals surface area contributed by atoms with Gasteiger partial charge in [0.2, 0.25) is 0 Å². The van der Waals surface area contributed by atoms with Gasteiger partial charge in [-0.1, -0.05) is 0 Å². The molecule has 0 aromatic rings. The van der Waals surface area contributed by atoms with Crippen LogP contribution in [0, 0.1) is 0 Å². The molecule has 0 aliphatic heterocycles. The number of unbranched alkanes of at least 4 members (excludes halogenated alkanes) is 1. The highest BCUT2D eigenvalue weighted by molar-refractivity contribution is 5.66. The van der Waals surface area contributed by atoms with Gasteiger partial charge in [-0.3, -0.25) is 4.79 Å². The molecule has 1 unspecified atom stereocenters. The molecule has 0 fully saturated rings. The molecule has 0 spiro atoms. The summed E-state index contributed by atoms with van der Waals surface area (Å²) in [6.07, 6.45) is -5.50. The van der Waals surface area contributed by atoms with Crippen LogP contribution in [0.25, 0.3) is 0 Å². The van der Waals surface area contributed by atoms with Crippen molar-refractivity contribution in [1.29, 1.82) is 0 Å². The molecule has 0 rings (SSSR count). The molecule has 84 valence electrons. The molecule has 0 saturated carbocycles. The number of aliphatic carboxylic acids is 1. The van der Waals surface area contributed by atoms with Crippen molar-refractivity contribution in [3.05, 3.63) is 0 Å². The van der Waals surface area contributed by atoms with Gasteiger partial charge in [-0.15, -0.1) is 0 Å². The Labute approximate surface area is 79.9 Å². The van der Waals surface area contributed by atoms with Crippen LogP contribution in [0.3, 0.4) is 0 Å². The molecule has 0 aliphatic rings. The van der Waals surface area contributed by atoms with Gasteiger partial charge in [0, 0.05) is 13.0 Å². The standard InChI is InChI=1S/C8H13F3O3/c1-6(8(9,10)11)14-5-3-2-4-7(12)13/h6H,2-5H2,1H3,(H,12,13). The largest absolute Gasteiger partial charge is 0.481 e. The van der Waals surface area contributed by atoms with Gasteiger partial charge in [0.25, 0.3) is 0 Å². The molecule has 0 aromatic heterocycles. The zero-order valence-electron chi connectivity index (χ0n) is 7.80. The van der Waals surface area contributed by atoms with Crippen molar-refractivity contribution in [3.8, 4) is 0 Å². The summed E-state index contributed by atoms with van der Waals surface area (Å²) in [5.74, 6) is -0.950. The highest BCUT2D eigenvalue weighted by atomic mass is 19.4. The topological polar surface area (TPSA) is 46.5 Å². The van der Waals surface area contributed by atoms with E-state index in [0.717, 1.165) is 6.92 Å². The molecule has 3 nitrogen and oxygen atoms in total. The van der Waals surface area contributed by atoms with Crippen LogP contribution < -0.4 is 0 Å². The van der Waals surface area contributed by atoms with E-state index in [1.165, 1.54) is 0 Å². The highest BCUT2D eigenvalue weighted by Crippen LogP contribution is 2.22. The Hall–Kier alpha value is -0.780. The smallest absolute Gasteiger partial charge is 0.414 e. The molecular formula is C8H13F3O3. The third-order valence-corrected chi connectivity index (χ3v) is 1.61. The number of alkyl halides is 3. The Kier molecular flexibility index (Phi) is 5.52. The SMILES string of the molecule is CC(OCCCCC(=O)O)C(F)(F)F. The maximum absolute atomic E-state index is 11.9. The number of hydrogen-bond donors (Lipinski definition) is 1. The first kappa shape index (κ1) is 13.2. The van der Waals surface area contributed by atoms with Crippen molar-refractivity contribution in [2.45, 2.75) is 38.5 Å². The van der Waals surface area contributed by atoms with Crippen molar-refractivity contribution < 1.29 is 27.8 Å². The van der Waals surface area contributed by atoms with E-state index in [0.29, 0.717) is 12.8 Å². The van der Waals surface area contributed by atoms with E-state index < -0.39 is 18.2 Å². The zero-order valence-corrected chi connectivity index (χ0v) is 7.80. The van der Waals surface area contributed by atoms with Crippen molar-refractivity contribution in [2.75, 3.05) is 6.61 Å². The van der Waals surface area contributed by atoms with Gasteiger partial charge in [-0.25, -0.2) is 0 Å². The minimum atomic E-state index is -4.34.